The van der Waals surface area contributed by atoms with Gasteiger partial charge in [-0.05, 0) is 69.3 Å². The van der Waals surface area contributed by atoms with Crippen LogP contribution in [0.3, 0.4) is 0 Å². The Hall–Kier alpha value is -3.41. The number of nitrogens with one attached hydrogen (secondary N) is 2. The van der Waals surface area contributed by atoms with Gasteiger partial charge in [0.1, 0.15) is 5.75 Å². The molecule has 0 saturated heterocycles. The lowest BCUT2D eigenvalue weighted by Gasteiger charge is -2.08. The van der Waals surface area contributed by atoms with Crippen LogP contribution >= 0.6 is 0 Å². The van der Waals surface area contributed by atoms with Crippen molar-refractivity contribution in [3.63, 3.8) is 0 Å². The molecule has 0 heterocycles. The van der Waals surface area contributed by atoms with Gasteiger partial charge >= 0.3 is 0 Å². The first kappa shape index (κ1) is 19.9. The molecule has 0 fully saturated rings. The van der Waals surface area contributed by atoms with Gasteiger partial charge in [0.2, 0.25) is 5.91 Å². The number of rotatable bonds is 7. The maximum Gasteiger partial charge on any atom is 0.251 e. The molecule has 27 heavy (non-hydrogen) atoms. The van der Waals surface area contributed by atoms with Crippen molar-refractivity contribution >= 4 is 29.0 Å². The van der Waals surface area contributed by atoms with Crippen LogP contribution in [0.2, 0.25) is 0 Å². The third-order valence-corrected chi connectivity index (χ3v) is 3.69. The molecule has 0 aliphatic heterocycles. The minimum Gasteiger partial charge on any atom is -0.494 e. The summed E-state index contributed by atoms with van der Waals surface area (Å²) < 4.78 is 5.35. The van der Waals surface area contributed by atoms with Crippen molar-refractivity contribution in [1.82, 2.24) is 0 Å². The summed E-state index contributed by atoms with van der Waals surface area (Å²) in [6.45, 7) is 5.50. The molecule has 0 atom stereocenters. The van der Waals surface area contributed by atoms with Gasteiger partial charge in [-0.25, -0.2) is 0 Å². The summed E-state index contributed by atoms with van der Waals surface area (Å²) in [5.74, 6) is -0.126. The van der Waals surface area contributed by atoms with Gasteiger partial charge in [0, 0.05) is 28.6 Å². The van der Waals surface area contributed by atoms with Gasteiger partial charge in [0.25, 0.3) is 5.91 Å². The lowest BCUT2D eigenvalue weighted by atomic mass is 10.1. The van der Waals surface area contributed by atoms with E-state index < -0.39 is 5.91 Å². The van der Waals surface area contributed by atoms with E-state index >= 15 is 0 Å². The van der Waals surface area contributed by atoms with Gasteiger partial charge in [-0.15, -0.1) is 0 Å². The summed E-state index contributed by atoms with van der Waals surface area (Å²) in [5, 5.41) is 5.38. The first-order valence-electron chi connectivity index (χ1n) is 8.53. The predicted octanol–water partition coefficient (Wildman–Crippen LogP) is 3.81. The van der Waals surface area contributed by atoms with Gasteiger partial charge in [-0.3, -0.25) is 14.4 Å². The maximum atomic E-state index is 12.2. The van der Waals surface area contributed by atoms with Crippen LogP contribution < -0.4 is 15.4 Å². The Labute approximate surface area is 158 Å². The van der Waals surface area contributed by atoms with Crippen LogP contribution in [0.25, 0.3) is 0 Å². The number of ketones is 1. The normalized spacial score (nSPS) is 10.9. The highest BCUT2D eigenvalue weighted by molar-refractivity contribution is 6.10. The van der Waals surface area contributed by atoms with E-state index in [1.165, 1.54) is 13.0 Å². The molecule has 2 rings (SSSR count). The molecule has 0 unspecified atom stereocenters. The van der Waals surface area contributed by atoms with Crippen LogP contribution in [-0.2, 0) is 9.59 Å². The first-order chi connectivity index (χ1) is 12.9. The lowest BCUT2D eigenvalue weighted by molar-refractivity contribution is -0.114. The smallest absolute Gasteiger partial charge is 0.251 e. The minimum absolute atomic E-state index is 0.0467. The second kappa shape index (κ2) is 9.33. The van der Waals surface area contributed by atoms with Crippen molar-refractivity contribution in [2.75, 3.05) is 17.2 Å². The molecule has 0 aliphatic rings. The van der Waals surface area contributed by atoms with E-state index in [-0.39, 0.29) is 17.3 Å². The molecule has 0 bridgehead atoms. The third-order valence-electron chi connectivity index (χ3n) is 3.69. The predicted molar refractivity (Wildman–Crippen MR) is 105 cm³/mol. The molecule has 2 amide bonds. The zero-order valence-electron chi connectivity index (χ0n) is 15.5. The molecule has 0 radical (unpaired) electrons. The molecule has 0 spiro atoms. The average Bonchev–Trinajstić information content (AvgIpc) is 2.63. The van der Waals surface area contributed by atoms with Crippen molar-refractivity contribution in [3.05, 3.63) is 65.7 Å². The molecule has 0 aliphatic carbocycles. The van der Waals surface area contributed by atoms with Gasteiger partial charge in [-0.1, -0.05) is 0 Å². The monoisotopic (exact) mass is 366 g/mol. The van der Waals surface area contributed by atoms with E-state index in [4.69, 9.17) is 4.74 Å². The van der Waals surface area contributed by atoms with Crippen molar-refractivity contribution in [1.29, 1.82) is 0 Å². The Kier molecular flexibility index (Phi) is 6.88. The standard InChI is InChI=1S/C21H22N2O4/c1-4-27-19-11-9-18(10-12-19)23-21(26)14(2)13-20(25)22-17-7-5-16(6-8-17)15(3)24/h5-13H,4H2,1-3H3,(H,22,25)(H,23,26)/b14-13-. The van der Waals surface area contributed by atoms with E-state index in [1.54, 1.807) is 55.5 Å². The summed E-state index contributed by atoms with van der Waals surface area (Å²) in [5.41, 5.74) is 1.98. The molecule has 2 N–H and O–H groups in total. The zero-order chi connectivity index (χ0) is 19.8. The second-order valence-corrected chi connectivity index (χ2v) is 5.86. The fraction of sp³-hybridized carbons (Fsp3) is 0.190. The number of benzene rings is 2. The SMILES string of the molecule is CCOc1ccc(NC(=O)/C(C)=C\C(=O)Nc2ccc(C(C)=O)cc2)cc1. The van der Waals surface area contributed by atoms with Crippen molar-refractivity contribution in [2.24, 2.45) is 0 Å². The highest BCUT2D eigenvalue weighted by Crippen LogP contribution is 2.16. The molecule has 0 aromatic heterocycles. The highest BCUT2D eigenvalue weighted by atomic mass is 16.5. The third kappa shape index (κ3) is 6.11. The van der Waals surface area contributed by atoms with Crippen LogP contribution in [0.5, 0.6) is 5.75 Å². The molecule has 2 aromatic rings. The molecule has 6 nitrogen and oxygen atoms in total. The Morgan fingerprint density at radius 3 is 2.00 bits per heavy atom. The number of ether oxygens (including phenoxy) is 1. The van der Waals surface area contributed by atoms with E-state index in [2.05, 4.69) is 10.6 Å². The van der Waals surface area contributed by atoms with Gasteiger partial charge in [0.05, 0.1) is 6.61 Å². The summed E-state index contributed by atoms with van der Waals surface area (Å²) in [6, 6.07) is 13.5. The van der Waals surface area contributed by atoms with Gasteiger partial charge in [-0.2, -0.15) is 0 Å². The number of amides is 2. The largest absolute Gasteiger partial charge is 0.494 e. The molecule has 140 valence electrons. The summed E-state index contributed by atoms with van der Waals surface area (Å²) in [6.07, 6.45) is 1.22. The van der Waals surface area contributed by atoms with Crippen LogP contribution in [0.15, 0.2) is 60.2 Å². The van der Waals surface area contributed by atoms with E-state index in [9.17, 15) is 14.4 Å². The number of anilines is 2. The summed E-state index contributed by atoms with van der Waals surface area (Å²) in [7, 11) is 0. The highest BCUT2D eigenvalue weighted by Gasteiger charge is 2.08. The van der Waals surface area contributed by atoms with E-state index in [1.807, 2.05) is 6.92 Å². The van der Waals surface area contributed by atoms with Gasteiger partial charge in [0.15, 0.2) is 5.78 Å². The van der Waals surface area contributed by atoms with E-state index in [0.717, 1.165) is 5.75 Å². The average molecular weight is 366 g/mol. The number of hydrogen-bond donors (Lipinski definition) is 2. The molecular weight excluding hydrogens is 344 g/mol. The lowest BCUT2D eigenvalue weighted by Crippen LogP contribution is -2.16. The first-order valence-corrected chi connectivity index (χ1v) is 8.53. The van der Waals surface area contributed by atoms with Crippen molar-refractivity contribution in [2.45, 2.75) is 20.8 Å². The van der Waals surface area contributed by atoms with Crippen LogP contribution in [0.1, 0.15) is 31.1 Å². The number of carbonyl (C=O) groups excluding carboxylic acids is 3. The topological polar surface area (TPSA) is 84.5 Å². The number of carbonyl (C=O) groups is 3. The number of hydrogen-bond acceptors (Lipinski definition) is 4. The Bertz CT molecular complexity index is 853. The molecular formula is C21H22N2O4. The molecule has 2 aromatic carbocycles. The van der Waals surface area contributed by atoms with Crippen LogP contribution in [-0.4, -0.2) is 24.2 Å². The minimum atomic E-state index is -0.426. The van der Waals surface area contributed by atoms with Gasteiger partial charge < -0.3 is 15.4 Å². The summed E-state index contributed by atoms with van der Waals surface area (Å²) >= 11 is 0. The maximum absolute atomic E-state index is 12.2. The Morgan fingerprint density at radius 1 is 0.889 bits per heavy atom. The summed E-state index contributed by atoms with van der Waals surface area (Å²) in [4.78, 5) is 35.5. The fourth-order valence-electron chi connectivity index (χ4n) is 2.26. The Balaban J connectivity index is 1.95. The van der Waals surface area contributed by atoms with Crippen LogP contribution in [0, 0.1) is 0 Å². The zero-order valence-corrected chi connectivity index (χ0v) is 15.5. The van der Waals surface area contributed by atoms with Crippen molar-refractivity contribution in [3.8, 4) is 5.75 Å². The number of Topliss-reactive ketones (excluding diaryl/α,β-unsaturated/α-hetero) is 1. The van der Waals surface area contributed by atoms with Crippen molar-refractivity contribution < 1.29 is 19.1 Å². The fourth-order valence-corrected chi connectivity index (χ4v) is 2.26. The molecule has 0 saturated carbocycles. The molecule has 6 heteroatoms. The van der Waals surface area contributed by atoms with Crippen LogP contribution in [0.4, 0.5) is 11.4 Å². The Morgan fingerprint density at radius 2 is 1.44 bits per heavy atom. The quantitative estimate of drug-likeness (QED) is 0.576. The van der Waals surface area contributed by atoms with E-state index in [0.29, 0.717) is 23.5 Å². The second-order valence-electron chi connectivity index (χ2n) is 5.86.